The molecule has 2 aromatic rings. The summed E-state index contributed by atoms with van der Waals surface area (Å²) in [5.41, 5.74) is 7.81. The van der Waals surface area contributed by atoms with Gasteiger partial charge < -0.3 is 15.4 Å². The molecule has 6 heteroatoms. The van der Waals surface area contributed by atoms with E-state index in [1.807, 2.05) is 42.5 Å². The topological polar surface area (TPSA) is 38.5 Å². The third-order valence-corrected chi connectivity index (χ3v) is 3.44. The number of likely N-dealkylation sites (N-methyl/N-ethyl adjacent to an activating group) is 1. The molecule has 0 atom stereocenters. The Bertz CT molecular complexity index is 581. The summed E-state index contributed by atoms with van der Waals surface area (Å²) in [6.45, 7) is 2.85. The van der Waals surface area contributed by atoms with Crippen molar-refractivity contribution in [1.82, 2.24) is 4.90 Å². The lowest BCUT2D eigenvalue weighted by molar-refractivity contribution is 0.287. The van der Waals surface area contributed by atoms with Crippen molar-refractivity contribution in [2.75, 3.05) is 20.1 Å². The van der Waals surface area contributed by atoms with Crippen LogP contribution in [0, 0.1) is 0 Å². The van der Waals surface area contributed by atoms with Crippen LogP contribution in [0.2, 0.25) is 5.02 Å². The van der Waals surface area contributed by atoms with Crippen LogP contribution < -0.4 is 10.5 Å². The van der Waals surface area contributed by atoms with Crippen molar-refractivity contribution in [3.05, 3.63) is 64.7 Å². The standard InChI is InChI=1S/C17H21ClN2O.2ClH/c1-20(10-9-19)12-15-6-2-3-8-17(15)21-13-14-5-4-7-16(18)11-14;;/h2-8,11H,9-10,12-13,19H2,1H3;2*1H. The maximum absolute atomic E-state index is 5.99. The van der Waals surface area contributed by atoms with Gasteiger partial charge in [0.15, 0.2) is 0 Å². The minimum absolute atomic E-state index is 0. The monoisotopic (exact) mass is 376 g/mol. The molecule has 0 saturated heterocycles. The Morgan fingerprint density at radius 1 is 1.09 bits per heavy atom. The van der Waals surface area contributed by atoms with Gasteiger partial charge in [-0.05, 0) is 30.8 Å². The van der Waals surface area contributed by atoms with Crippen LogP contribution in [0.4, 0.5) is 0 Å². The highest BCUT2D eigenvalue weighted by molar-refractivity contribution is 6.30. The van der Waals surface area contributed by atoms with Crippen LogP contribution in [0.1, 0.15) is 11.1 Å². The molecule has 0 fully saturated rings. The molecule has 0 aliphatic carbocycles. The predicted octanol–water partition coefficient (Wildman–Crippen LogP) is 4.15. The largest absolute Gasteiger partial charge is 0.489 e. The average molecular weight is 378 g/mol. The van der Waals surface area contributed by atoms with E-state index in [-0.39, 0.29) is 24.8 Å². The number of nitrogens with zero attached hydrogens (tertiary/aromatic N) is 1. The number of ether oxygens (including phenoxy) is 1. The SMILES string of the molecule is CN(CCN)Cc1ccccc1OCc1cccc(Cl)c1.Cl.Cl. The maximum atomic E-state index is 5.99. The normalized spacial score (nSPS) is 9.91. The van der Waals surface area contributed by atoms with Gasteiger partial charge in [-0.15, -0.1) is 24.8 Å². The summed E-state index contributed by atoms with van der Waals surface area (Å²) in [5.74, 6) is 0.904. The Morgan fingerprint density at radius 3 is 2.52 bits per heavy atom. The highest BCUT2D eigenvalue weighted by Crippen LogP contribution is 2.21. The van der Waals surface area contributed by atoms with Crippen LogP contribution in [0.5, 0.6) is 5.75 Å². The van der Waals surface area contributed by atoms with E-state index in [0.29, 0.717) is 13.2 Å². The molecule has 0 heterocycles. The molecule has 2 N–H and O–H groups in total. The van der Waals surface area contributed by atoms with Gasteiger partial charge in [-0.25, -0.2) is 0 Å². The lowest BCUT2D eigenvalue weighted by Crippen LogP contribution is -2.25. The second-order valence-electron chi connectivity index (χ2n) is 5.05. The number of rotatable bonds is 7. The van der Waals surface area contributed by atoms with Crippen LogP contribution >= 0.6 is 36.4 Å². The molecule has 0 spiro atoms. The molecule has 2 rings (SSSR count). The van der Waals surface area contributed by atoms with Gasteiger partial charge in [0.05, 0.1) is 0 Å². The third kappa shape index (κ3) is 7.42. The minimum atomic E-state index is 0. The van der Waals surface area contributed by atoms with Gasteiger partial charge in [0.1, 0.15) is 12.4 Å². The second-order valence-corrected chi connectivity index (χ2v) is 5.49. The van der Waals surface area contributed by atoms with Gasteiger partial charge in [-0.2, -0.15) is 0 Å². The quantitative estimate of drug-likeness (QED) is 0.787. The summed E-state index contributed by atoms with van der Waals surface area (Å²) < 4.78 is 5.94. The van der Waals surface area contributed by atoms with E-state index in [9.17, 15) is 0 Å². The van der Waals surface area contributed by atoms with Crippen molar-refractivity contribution in [2.24, 2.45) is 5.73 Å². The predicted molar refractivity (Wildman–Crippen MR) is 102 cm³/mol. The van der Waals surface area contributed by atoms with Crippen LogP contribution in [-0.4, -0.2) is 25.0 Å². The van der Waals surface area contributed by atoms with Crippen molar-refractivity contribution in [2.45, 2.75) is 13.2 Å². The summed E-state index contributed by atoms with van der Waals surface area (Å²) in [6, 6.07) is 15.8. The lowest BCUT2D eigenvalue weighted by atomic mass is 10.2. The molecular weight excluding hydrogens is 355 g/mol. The van der Waals surface area contributed by atoms with E-state index in [4.69, 9.17) is 22.1 Å². The molecule has 0 radical (unpaired) electrons. The average Bonchev–Trinajstić information content (AvgIpc) is 2.47. The van der Waals surface area contributed by atoms with E-state index in [0.717, 1.165) is 35.0 Å². The molecule has 0 saturated carbocycles. The second kappa shape index (κ2) is 11.5. The van der Waals surface area contributed by atoms with Gasteiger partial charge >= 0.3 is 0 Å². The first-order valence-corrected chi connectivity index (χ1v) is 7.40. The third-order valence-electron chi connectivity index (χ3n) is 3.21. The van der Waals surface area contributed by atoms with Gasteiger partial charge in [0.25, 0.3) is 0 Å². The van der Waals surface area contributed by atoms with E-state index >= 15 is 0 Å². The number of hydrogen-bond acceptors (Lipinski definition) is 3. The molecule has 0 bridgehead atoms. The zero-order valence-electron chi connectivity index (χ0n) is 13.1. The van der Waals surface area contributed by atoms with E-state index in [2.05, 4.69) is 18.0 Å². The Hall–Kier alpha value is -0.970. The molecule has 0 aromatic heterocycles. The maximum Gasteiger partial charge on any atom is 0.124 e. The van der Waals surface area contributed by atoms with Gasteiger partial charge in [0.2, 0.25) is 0 Å². The number of nitrogens with two attached hydrogens (primary N) is 1. The summed E-state index contributed by atoms with van der Waals surface area (Å²) >= 11 is 5.99. The molecule has 128 valence electrons. The van der Waals surface area contributed by atoms with Crippen molar-refractivity contribution < 1.29 is 4.74 Å². The Balaban J connectivity index is 0.00000242. The summed E-state index contributed by atoms with van der Waals surface area (Å²) in [4.78, 5) is 2.18. The van der Waals surface area contributed by atoms with Crippen LogP contribution in [0.25, 0.3) is 0 Å². The summed E-state index contributed by atoms with van der Waals surface area (Å²) in [6.07, 6.45) is 0. The number of hydrogen-bond donors (Lipinski definition) is 1. The van der Waals surface area contributed by atoms with Crippen LogP contribution in [-0.2, 0) is 13.2 Å². The number of halogens is 3. The molecule has 3 nitrogen and oxygen atoms in total. The van der Waals surface area contributed by atoms with Gasteiger partial charge in [0, 0.05) is 30.2 Å². The van der Waals surface area contributed by atoms with E-state index in [1.165, 1.54) is 0 Å². The number of para-hydroxylation sites is 1. The molecular formula is C17H23Cl3N2O. The fourth-order valence-corrected chi connectivity index (χ4v) is 2.37. The van der Waals surface area contributed by atoms with Crippen LogP contribution in [0.15, 0.2) is 48.5 Å². The first-order valence-electron chi connectivity index (χ1n) is 7.03. The zero-order chi connectivity index (χ0) is 15.1. The first kappa shape index (κ1) is 22.0. The van der Waals surface area contributed by atoms with Crippen molar-refractivity contribution in [3.63, 3.8) is 0 Å². The van der Waals surface area contributed by atoms with Crippen molar-refractivity contribution >= 4 is 36.4 Å². The highest BCUT2D eigenvalue weighted by atomic mass is 35.5. The highest BCUT2D eigenvalue weighted by Gasteiger charge is 2.06. The van der Waals surface area contributed by atoms with Crippen LogP contribution in [0.3, 0.4) is 0 Å². The molecule has 0 aliphatic rings. The summed E-state index contributed by atoms with van der Waals surface area (Å²) in [5, 5.41) is 0.729. The smallest absolute Gasteiger partial charge is 0.124 e. The van der Waals surface area contributed by atoms with E-state index in [1.54, 1.807) is 0 Å². The minimum Gasteiger partial charge on any atom is -0.489 e. The fraction of sp³-hybridized carbons (Fsp3) is 0.294. The van der Waals surface area contributed by atoms with Gasteiger partial charge in [-0.3, -0.25) is 0 Å². The molecule has 2 aromatic carbocycles. The Morgan fingerprint density at radius 2 is 1.83 bits per heavy atom. The molecule has 23 heavy (non-hydrogen) atoms. The van der Waals surface area contributed by atoms with E-state index < -0.39 is 0 Å². The summed E-state index contributed by atoms with van der Waals surface area (Å²) in [7, 11) is 2.06. The fourth-order valence-electron chi connectivity index (χ4n) is 2.15. The number of benzene rings is 2. The lowest BCUT2D eigenvalue weighted by Gasteiger charge is -2.18. The molecule has 0 unspecified atom stereocenters. The Labute approximate surface area is 155 Å². The van der Waals surface area contributed by atoms with Gasteiger partial charge in [-0.1, -0.05) is 41.9 Å². The Kier molecular flexibility index (Phi) is 11.1. The van der Waals surface area contributed by atoms with Crippen molar-refractivity contribution in [1.29, 1.82) is 0 Å². The molecule has 0 aliphatic heterocycles. The van der Waals surface area contributed by atoms with Crippen molar-refractivity contribution in [3.8, 4) is 5.75 Å². The first-order chi connectivity index (χ1) is 10.2. The molecule has 0 amide bonds. The zero-order valence-corrected chi connectivity index (χ0v) is 15.5.